The molecule has 0 aliphatic rings. The van der Waals surface area contributed by atoms with Crippen molar-refractivity contribution in [2.45, 2.75) is 26.2 Å². The zero-order valence-corrected chi connectivity index (χ0v) is 13.8. The summed E-state index contributed by atoms with van der Waals surface area (Å²) in [4.78, 5) is 0. The molecule has 0 aliphatic heterocycles. The van der Waals surface area contributed by atoms with Gasteiger partial charge in [0.25, 0.3) is 10.1 Å². The molecule has 0 saturated heterocycles. The zero-order chi connectivity index (χ0) is 15.5. The van der Waals surface area contributed by atoms with Crippen LogP contribution < -0.4 is 0 Å². The highest BCUT2D eigenvalue weighted by atomic mass is 32.2. The van der Waals surface area contributed by atoms with Crippen LogP contribution in [0.2, 0.25) is 0 Å². The molecule has 7 heteroatoms. The molecule has 0 amide bonds. The number of hydrogen-bond acceptors (Lipinski definition) is 4. The molecule has 0 fully saturated rings. The van der Waals surface area contributed by atoms with Gasteiger partial charge in [-0.2, -0.15) is 8.42 Å². The van der Waals surface area contributed by atoms with Crippen LogP contribution in [0.15, 0.2) is 0 Å². The summed E-state index contributed by atoms with van der Waals surface area (Å²) in [6.45, 7) is 6.25. The standard InChI is InChI=1S/C13H29NO5S/c1-4-5-9-18-11-12-19-10-8-14(2,3)7-6-13-20(15,16)17/h4-13H2,1-3H3/p+1. The number of quaternary nitrogens is 1. The van der Waals surface area contributed by atoms with Gasteiger partial charge < -0.3 is 14.0 Å². The summed E-state index contributed by atoms with van der Waals surface area (Å²) in [5.41, 5.74) is 0. The van der Waals surface area contributed by atoms with E-state index in [9.17, 15) is 8.42 Å². The molecule has 6 nitrogen and oxygen atoms in total. The Morgan fingerprint density at radius 1 is 0.950 bits per heavy atom. The van der Waals surface area contributed by atoms with Crippen molar-refractivity contribution < 1.29 is 26.9 Å². The molecular weight excluding hydrogens is 282 g/mol. The highest BCUT2D eigenvalue weighted by Crippen LogP contribution is 2.01. The normalized spacial score (nSPS) is 12.8. The van der Waals surface area contributed by atoms with Crippen molar-refractivity contribution in [3.63, 3.8) is 0 Å². The van der Waals surface area contributed by atoms with Gasteiger partial charge in [-0.3, -0.25) is 4.55 Å². The topological polar surface area (TPSA) is 72.8 Å². The lowest BCUT2D eigenvalue weighted by Gasteiger charge is -2.29. The summed E-state index contributed by atoms with van der Waals surface area (Å²) >= 11 is 0. The van der Waals surface area contributed by atoms with Gasteiger partial charge in [0.1, 0.15) is 6.54 Å². The maximum atomic E-state index is 10.6. The fraction of sp³-hybridized carbons (Fsp3) is 1.00. The van der Waals surface area contributed by atoms with Gasteiger partial charge in [-0.15, -0.1) is 0 Å². The summed E-state index contributed by atoms with van der Waals surface area (Å²) in [5, 5.41) is 0. The third-order valence-electron chi connectivity index (χ3n) is 3.02. The third-order valence-corrected chi connectivity index (χ3v) is 3.83. The predicted octanol–water partition coefficient (Wildman–Crippen LogP) is 1.17. The van der Waals surface area contributed by atoms with Crippen LogP contribution in [0.4, 0.5) is 0 Å². The molecule has 122 valence electrons. The molecule has 0 bridgehead atoms. The summed E-state index contributed by atoms with van der Waals surface area (Å²) in [5.74, 6) is -0.180. The molecule has 0 saturated carbocycles. The largest absolute Gasteiger partial charge is 0.379 e. The van der Waals surface area contributed by atoms with Crippen LogP contribution >= 0.6 is 0 Å². The van der Waals surface area contributed by atoms with Crippen LogP contribution in [0.5, 0.6) is 0 Å². The lowest BCUT2D eigenvalue weighted by atomic mass is 10.3. The first-order valence-electron chi connectivity index (χ1n) is 7.19. The fourth-order valence-corrected chi connectivity index (χ4v) is 2.16. The van der Waals surface area contributed by atoms with Gasteiger partial charge in [0.2, 0.25) is 0 Å². The van der Waals surface area contributed by atoms with Gasteiger partial charge in [-0.05, 0) is 6.42 Å². The van der Waals surface area contributed by atoms with Crippen molar-refractivity contribution in [2.24, 2.45) is 0 Å². The van der Waals surface area contributed by atoms with Crippen LogP contribution in [0.25, 0.3) is 0 Å². The molecule has 0 aromatic rings. The smallest absolute Gasteiger partial charge is 0.265 e. The summed E-state index contributed by atoms with van der Waals surface area (Å²) < 4.78 is 41.5. The number of unbranched alkanes of at least 4 members (excludes halogenated alkanes) is 1. The first kappa shape index (κ1) is 19.8. The highest BCUT2D eigenvalue weighted by Gasteiger charge is 2.16. The second kappa shape index (κ2) is 10.5. The SMILES string of the molecule is CCCCOCCOCC[N+](C)(C)CCCS(=O)(=O)O. The minimum absolute atomic E-state index is 0.180. The van der Waals surface area contributed by atoms with Gasteiger partial charge in [0.05, 0.1) is 46.2 Å². The highest BCUT2D eigenvalue weighted by molar-refractivity contribution is 7.85. The van der Waals surface area contributed by atoms with E-state index < -0.39 is 10.1 Å². The Hall–Kier alpha value is -0.210. The molecule has 0 aromatic heterocycles. The van der Waals surface area contributed by atoms with E-state index in [2.05, 4.69) is 6.92 Å². The van der Waals surface area contributed by atoms with Crippen LogP contribution in [-0.4, -0.2) is 76.8 Å². The molecular formula is C13H30NO5S+. The van der Waals surface area contributed by atoms with Crippen LogP contribution in [0.3, 0.4) is 0 Å². The van der Waals surface area contributed by atoms with Gasteiger partial charge >= 0.3 is 0 Å². The van der Waals surface area contributed by atoms with E-state index in [4.69, 9.17) is 14.0 Å². The summed E-state index contributed by atoms with van der Waals surface area (Å²) in [6.07, 6.45) is 2.67. The van der Waals surface area contributed by atoms with Crippen LogP contribution in [0.1, 0.15) is 26.2 Å². The second-order valence-corrected chi connectivity index (χ2v) is 7.17. The Morgan fingerprint density at radius 3 is 2.10 bits per heavy atom. The molecule has 20 heavy (non-hydrogen) atoms. The Balaban J connectivity index is 3.52. The summed E-state index contributed by atoms with van der Waals surface area (Å²) in [7, 11) is 0.193. The van der Waals surface area contributed by atoms with Gasteiger partial charge in [0.15, 0.2) is 0 Å². The summed E-state index contributed by atoms with van der Waals surface area (Å²) in [6, 6.07) is 0. The van der Waals surface area contributed by atoms with Gasteiger partial charge in [0, 0.05) is 13.0 Å². The molecule has 0 spiro atoms. The van der Waals surface area contributed by atoms with E-state index in [0.717, 1.165) is 26.0 Å². The monoisotopic (exact) mass is 312 g/mol. The maximum Gasteiger partial charge on any atom is 0.265 e. The van der Waals surface area contributed by atoms with E-state index in [1.165, 1.54) is 0 Å². The van der Waals surface area contributed by atoms with E-state index >= 15 is 0 Å². The fourth-order valence-electron chi connectivity index (χ4n) is 1.67. The van der Waals surface area contributed by atoms with Crippen molar-refractivity contribution in [3.05, 3.63) is 0 Å². The van der Waals surface area contributed by atoms with Crippen LogP contribution in [0, 0.1) is 0 Å². The molecule has 0 rings (SSSR count). The Kier molecular flexibility index (Phi) is 10.4. The molecule has 0 atom stereocenters. The van der Waals surface area contributed by atoms with Gasteiger partial charge in [-0.1, -0.05) is 13.3 Å². The van der Waals surface area contributed by atoms with Crippen molar-refractivity contribution in [1.82, 2.24) is 0 Å². The average molecular weight is 312 g/mol. The molecule has 1 N–H and O–H groups in total. The molecule has 0 radical (unpaired) electrons. The maximum absolute atomic E-state index is 10.6. The molecule has 0 heterocycles. The molecule has 0 aromatic carbocycles. The van der Waals surface area contributed by atoms with Crippen molar-refractivity contribution in [3.8, 4) is 0 Å². The van der Waals surface area contributed by atoms with Crippen molar-refractivity contribution in [2.75, 3.05) is 59.4 Å². The Labute approximate surface area is 123 Å². The van der Waals surface area contributed by atoms with Crippen LogP contribution in [-0.2, 0) is 19.6 Å². The van der Waals surface area contributed by atoms with E-state index in [1.54, 1.807) is 0 Å². The van der Waals surface area contributed by atoms with E-state index in [-0.39, 0.29) is 5.75 Å². The van der Waals surface area contributed by atoms with E-state index in [1.807, 2.05) is 14.1 Å². The average Bonchev–Trinajstić information content (AvgIpc) is 2.30. The lowest BCUT2D eigenvalue weighted by molar-refractivity contribution is -0.890. The second-order valence-electron chi connectivity index (χ2n) is 5.60. The van der Waals surface area contributed by atoms with Crippen molar-refractivity contribution >= 4 is 10.1 Å². The number of hydrogen-bond donors (Lipinski definition) is 1. The lowest BCUT2D eigenvalue weighted by Crippen LogP contribution is -2.43. The first-order chi connectivity index (χ1) is 9.27. The third kappa shape index (κ3) is 14.2. The zero-order valence-electron chi connectivity index (χ0n) is 13.0. The minimum Gasteiger partial charge on any atom is -0.379 e. The predicted molar refractivity (Wildman–Crippen MR) is 79.4 cm³/mol. The molecule has 0 aliphatic carbocycles. The minimum atomic E-state index is -3.84. The molecule has 0 unspecified atom stereocenters. The van der Waals surface area contributed by atoms with Crippen molar-refractivity contribution in [1.29, 1.82) is 0 Å². The number of nitrogens with zero attached hydrogens (tertiary/aromatic N) is 1. The Morgan fingerprint density at radius 2 is 1.55 bits per heavy atom. The number of ether oxygens (including phenoxy) is 2. The number of likely N-dealkylation sites (N-methyl/N-ethyl adjacent to an activating group) is 1. The quantitative estimate of drug-likeness (QED) is 0.314. The first-order valence-corrected chi connectivity index (χ1v) is 8.80. The number of rotatable bonds is 13. The Bertz CT molecular complexity index is 330. The van der Waals surface area contributed by atoms with Gasteiger partial charge in [-0.25, -0.2) is 0 Å². The van der Waals surface area contributed by atoms with E-state index in [0.29, 0.717) is 37.3 Å².